The molecule has 1 aliphatic heterocycles. The quantitative estimate of drug-likeness (QED) is 0.770. The minimum atomic E-state index is -0.317. The number of nitrogens with zero attached hydrogens (tertiary/aromatic N) is 2. The average Bonchev–Trinajstić information content (AvgIpc) is 2.65. The molecule has 0 N–H and O–H groups in total. The van der Waals surface area contributed by atoms with Crippen LogP contribution in [0.4, 0.5) is 0 Å². The molecular weight excluding hydrogens is 240 g/mol. The Morgan fingerprint density at radius 3 is 2.68 bits per heavy atom. The van der Waals surface area contributed by atoms with E-state index in [9.17, 15) is 9.59 Å². The molecule has 3 rings (SSSR count). The first-order chi connectivity index (χ1) is 9.16. The number of hydrogen-bond acceptors (Lipinski definition) is 3. The van der Waals surface area contributed by atoms with Crippen molar-refractivity contribution < 1.29 is 9.59 Å². The largest absolute Gasteiger partial charge is 0.280 e. The molecule has 2 heterocycles. The molecule has 2 aromatic rings. The lowest BCUT2D eigenvalue weighted by molar-refractivity contribution is 0.0640. The van der Waals surface area contributed by atoms with Gasteiger partial charge in [0.2, 0.25) is 0 Å². The zero-order chi connectivity index (χ0) is 13.4. The van der Waals surface area contributed by atoms with Crippen molar-refractivity contribution in [3.8, 4) is 0 Å². The zero-order valence-corrected chi connectivity index (χ0v) is 10.5. The van der Waals surface area contributed by atoms with E-state index in [4.69, 9.17) is 0 Å². The summed E-state index contributed by atoms with van der Waals surface area (Å²) in [6, 6.07) is 11.1. The van der Waals surface area contributed by atoms with Crippen molar-refractivity contribution >= 4 is 11.8 Å². The molecule has 4 heteroatoms. The van der Waals surface area contributed by atoms with Gasteiger partial charge in [-0.1, -0.05) is 29.8 Å². The molecule has 0 saturated heterocycles. The number of imide groups is 1. The smallest absolute Gasteiger partial charge is 0.268 e. The summed E-state index contributed by atoms with van der Waals surface area (Å²) in [4.78, 5) is 29.5. The second kappa shape index (κ2) is 4.31. The van der Waals surface area contributed by atoms with Crippen molar-refractivity contribution in [2.45, 2.75) is 13.5 Å². The molecule has 0 atom stereocenters. The molecule has 1 aromatic carbocycles. The first-order valence-corrected chi connectivity index (χ1v) is 6.03. The third kappa shape index (κ3) is 1.91. The number of pyridine rings is 1. The first kappa shape index (κ1) is 11.6. The number of carbonyl (C=O) groups excluding carboxylic acids is 2. The highest BCUT2D eigenvalue weighted by molar-refractivity contribution is 6.20. The molecule has 0 radical (unpaired) electrons. The van der Waals surface area contributed by atoms with Gasteiger partial charge in [-0.05, 0) is 24.6 Å². The van der Waals surface area contributed by atoms with Crippen molar-refractivity contribution in [2.24, 2.45) is 0 Å². The summed E-state index contributed by atoms with van der Waals surface area (Å²) in [6.07, 6.45) is 1.53. The summed E-state index contributed by atoms with van der Waals surface area (Å²) in [5.74, 6) is -0.586. The molecule has 0 bridgehead atoms. The third-order valence-electron chi connectivity index (χ3n) is 3.15. The second-order valence-electron chi connectivity index (χ2n) is 4.59. The molecule has 0 fully saturated rings. The molecule has 0 unspecified atom stereocenters. The lowest BCUT2D eigenvalue weighted by atomic mass is 10.1. The Morgan fingerprint density at radius 2 is 1.95 bits per heavy atom. The van der Waals surface area contributed by atoms with Gasteiger partial charge in [-0.2, -0.15) is 0 Å². The minimum Gasteiger partial charge on any atom is -0.268 e. The van der Waals surface area contributed by atoms with Crippen molar-refractivity contribution in [1.29, 1.82) is 0 Å². The van der Waals surface area contributed by atoms with Gasteiger partial charge < -0.3 is 0 Å². The summed E-state index contributed by atoms with van der Waals surface area (Å²) < 4.78 is 0. The maximum absolute atomic E-state index is 12.2. The van der Waals surface area contributed by atoms with E-state index in [1.165, 1.54) is 11.1 Å². The maximum atomic E-state index is 12.2. The van der Waals surface area contributed by atoms with E-state index in [2.05, 4.69) is 4.98 Å². The van der Waals surface area contributed by atoms with Gasteiger partial charge in [0.15, 0.2) is 0 Å². The fourth-order valence-electron chi connectivity index (χ4n) is 2.25. The van der Waals surface area contributed by atoms with Gasteiger partial charge in [-0.25, -0.2) is 0 Å². The number of aryl methyl sites for hydroxylation is 1. The molecule has 0 saturated carbocycles. The van der Waals surface area contributed by atoms with Gasteiger partial charge in [0.05, 0.1) is 12.1 Å². The fourth-order valence-corrected chi connectivity index (χ4v) is 2.25. The van der Waals surface area contributed by atoms with E-state index in [1.807, 2.05) is 31.2 Å². The van der Waals surface area contributed by atoms with Crippen LogP contribution in [0, 0.1) is 6.92 Å². The number of hydrogen-bond donors (Lipinski definition) is 0. The lowest BCUT2D eigenvalue weighted by Crippen LogP contribution is -2.29. The Morgan fingerprint density at radius 1 is 1.11 bits per heavy atom. The van der Waals surface area contributed by atoms with Crippen LogP contribution in [0.1, 0.15) is 32.0 Å². The highest BCUT2D eigenvalue weighted by Gasteiger charge is 2.36. The topological polar surface area (TPSA) is 50.3 Å². The van der Waals surface area contributed by atoms with Crippen LogP contribution in [0.2, 0.25) is 0 Å². The maximum Gasteiger partial charge on any atom is 0.280 e. The molecule has 1 aromatic heterocycles. The average molecular weight is 252 g/mol. The second-order valence-corrected chi connectivity index (χ2v) is 4.59. The Balaban J connectivity index is 1.92. The van der Waals surface area contributed by atoms with Crippen LogP contribution in [0.5, 0.6) is 0 Å². The zero-order valence-electron chi connectivity index (χ0n) is 10.5. The number of fused-ring (bicyclic) bond motifs is 1. The summed E-state index contributed by atoms with van der Waals surface area (Å²) in [5.41, 5.74) is 2.68. The van der Waals surface area contributed by atoms with Crippen molar-refractivity contribution in [3.05, 3.63) is 65.0 Å². The Hall–Kier alpha value is -2.49. The number of rotatable bonds is 2. The molecule has 0 spiro atoms. The van der Waals surface area contributed by atoms with E-state index < -0.39 is 0 Å². The molecule has 2 amide bonds. The van der Waals surface area contributed by atoms with Crippen LogP contribution >= 0.6 is 0 Å². The highest BCUT2D eigenvalue weighted by Crippen LogP contribution is 2.22. The van der Waals surface area contributed by atoms with Gasteiger partial charge in [-0.3, -0.25) is 19.5 Å². The standard InChI is InChI=1S/C15H12N2O2/c1-10-4-2-5-11(8-10)9-17-14(18)12-6-3-7-16-13(12)15(17)19/h2-8H,9H2,1H3. The van der Waals surface area contributed by atoms with Gasteiger partial charge in [0, 0.05) is 6.20 Å². The first-order valence-electron chi connectivity index (χ1n) is 6.03. The summed E-state index contributed by atoms with van der Waals surface area (Å²) in [5, 5.41) is 0. The monoisotopic (exact) mass is 252 g/mol. The van der Waals surface area contributed by atoms with Gasteiger partial charge >= 0.3 is 0 Å². The van der Waals surface area contributed by atoms with Crippen molar-refractivity contribution in [3.63, 3.8) is 0 Å². The minimum absolute atomic E-state index is 0.250. The van der Waals surface area contributed by atoms with E-state index in [0.29, 0.717) is 5.56 Å². The predicted octanol–water partition coefficient (Wildman–Crippen LogP) is 2.19. The summed E-state index contributed by atoms with van der Waals surface area (Å²) >= 11 is 0. The normalized spacial score (nSPS) is 13.8. The van der Waals surface area contributed by atoms with E-state index in [0.717, 1.165) is 11.1 Å². The summed E-state index contributed by atoms with van der Waals surface area (Å²) in [6.45, 7) is 2.27. The third-order valence-corrected chi connectivity index (χ3v) is 3.15. The Labute approximate surface area is 110 Å². The van der Waals surface area contributed by atoms with Gasteiger partial charge in [0.1, 0.15) is 5.69 Å². The Bertz CT molecular complexity index is 644. The molecule has 0 aliphatic carbocycles. The van der Waals surface area contributed by atoms with E-state index >= 15 is 0 Å². The van der Waals surface area contributed by atoms with Crippen LogP contribution in [-0.4, -0.2) is 21.7 Å². The van der Waals surface area contributed by atoms with Gasteiger partial charge in [-0.15, -0.1) is 0 Å². The number of benzene rings is 1. The van der Waals surface area contributed by atoms with Crippen LogP contribution in [0.25, 0.3) is 0 Å². The van der Waals surface area contributed by atoms with Crippen LogP contribution in [0.15, 0.2) is 42.6 Å². The highest BCUT2D eigenvalue weighted by atomic mass is 16.2. The number of aromatic nitrogens is 1. The molecule has 4 nitrogen and oxygen atoms in total. The number of amides is 2. The number of carbonyl (C=O) groups is 2. The predicted molar refractivity (Wildman–Crippen MR) is 69.6 cm³/mol. The van der Waals surface area contributed by atoms with E-state index in [1.54, 1.807) is 12.1 Å². The molecule has 19 heavy (non-hydrogen) atoms. The molecular formula is C15H12N2O2. The van der Waals surface area contributed by atoms with Gasteiger partial charge in [0.25, 0.3) is 11.8 Å². The lowest BCUT2D eigenvalue weighted by Gasteiger charge is -2.13. The van der Waals surface area contributed by atoms with Crippen LogP contribution < -0.4 is 0 Å². The summed E-state index contributed by atoms with van der Waals surface area (Å²) in [7, 11) is 0. The van der Waals surface area contributed by atoms with E-state index in [-0.39, 0.29) is 24.1 Å². The van der Waals surface area contributed by atoms with Crippen LogP contribution in [0.3, 0.4) is 0 Å². The van der Waals surface area contributed by atoms with Crippen molar-refractivity contribution in [2.75, 3.05) is 0 Å². The SMILES string of the molecule is Cc1cccc(CN2C(=O)c3cccnc3C2=O)c1. The molecule has 94 valence electrons. The van der Waals surface area contributed by atoms with Crippen molar-refractivity contribution in [1.82, 2.24) is 9.88 Å². The molecule has 1 aliphatic rings. The fraction of sp³-hybridized carbons (Fsp3) is 0.133. The van der Waals surface area contributed by atoms with Crippen LogP contribution in [-0.2, 0) is 6.54 Å². The Kier molecular flexibility index (Phi) is 2.63.